The predicted octanol–water partition coefficient (Wildman–Crippen LogP) is 2.06. The molecular weight excluding hydrogens is 226 g/mol. The van der Waals surface area contributed by atoms with Crippen molar-refractivity contribution < 1.29 is 9.84 Å². The number of rotatable bonds is 3. The number of ether oxygens (including phenoxy) is 1. The maximum absolute atomic E-state index is 9.32. The van der Waals surface area contributed by atoms with Crippen LogP contribution in [0.5, 0.6) is 0 Å². The summed E-state index contributed by atoms with van der Waals surface area (Å²) in [4.78, 5) is 2.16. The zero-order valence-electron chi connectivity index (χ0n) is 9.32. The standard InChI is InChI=1S/C12H16ClNO2/c1-14(11-4-5-16-8-11)12-3-2-10(13)6-9(12)7-15/h2-3,6,11,15H,4-5,7-8H2,1H3. The lowest BCUT2D eigenvalue weighted by Gasteiger charge is -2.27. The average Bonchev–Trinajstić information content (AvgIpc) is 2.81. The van der Waals surface area contributed by atoms with E-state index in [1.807, 2.05) is 25.2 Å². The van der Waals surface area contributed by atoms with Gasteiger partial charge in [0.15, 0.2) is 0 Å². The van der Waals surface area contributed by atoms with Crippen LogP contribution < -0.4 is 4.90 Å². The van der Waals surface area contributed by atoms with Gasteiger partial charge in [-0.1, -0.05) is 11.6 Å². The molecule has 3 nitrogen and oxygen atoms in total. The number of anilines is 1. The molecule has 0 radical (unpaired) electrons. The second-order valence-electron chi connectivity index (χ2n) is 4.06. The van der Waals surface area contributed by atoms with Crippen molar-refractivity contribution in [3.05, 3.63) is 28.8 Å². The lowest BCUT2D eigenvalue weighted by Crippen LogP contribution is -2.32. The number of benzene rings is 1. The molecular formula is C12H16ClNO2. The molecule has 1 N–H and O–H groups in total. The normalized spacial score (nSPS) is 20.1. The van der Waals surface area contributed by atoms with Gasteiger partial charge in [-0.05, 0) is 24.6 Å². The van der Waals surface area contributed by atoms with E-state index in [2.05, 4.69) is 4.90 Å². The van der Waals surface area contributed by atoms with E-state index in [1.54, 1.807) is 0 Å². The molecule has 0 amide bonds. The number of aliphatic hydroxyl groups excluding tert-OH is 1. The molecule has 1 saturated heterocycles. The molecule has 1 atom stereocenters. The lowest BCUT2D eigenvalue weighted by atomic mass is 10.1. The summed E-state index contributed by atoms with van der Waals surface area (Å²) >= 11 is 5.91. The summed E-state index contributed by atoms with van der Waals surface area (Å²) in [6.07, 6.45) is 1.03. The third kappa shape index (κ3) is 2.32. The highest BCUT2D eigenvalue weighted by molar-refractivity contribution is 6.30. The van der Waals surface area contributed by atoms with Crippen LogP contribution in [0.25, 0.3) is 0 Å². The molecule has 88 valence electrons. The predicted molar refractivity (Wildman–Crippen MR) is 65.0 cm³/mol. The van der Waals surface area contributed by atoms with Crippen molar-refractivity contribution in [1.82, 2.24) is 0 Å². The number of halogens is 1. The smallest absolute Gasteiger partial charge is 0.0702 e. The molecule has 0 saturated carbocycles. The van der Waals surface area contributed by atoms with Gasteiger partial charge in [0.25, 0.3) is 0 Å². The maximum atomic E-state index is 9.32. The van der Waals surface area contributed by atoms with Gasteiger partial charge in [0.1, 0.15) is 0 Å². The van der Waals surface area contributed by atoms with E-state index in [-0.39, 0.29) is 6.61 Å². The highest BCUT2D eigenvalue weighted by Gasteiger charge is 2.22. The van der Waals surface area contributed by atoms with Crippen molar-refractivity contribution in [2.45, 2.75) is 19.1 Å². The number of aliphatic hydroxyl groups is 1. The molecule has 0 aliphatic carbocycles. The van der Waals surface area contributed by atoms with Crippen molar-refractivity contribution in [2.75, 3.05) is 25.2 Å². The van der Waals surface area contributed by atoms with Crippen LogP contribution in [0.3, 0.4) is 0 Å². The van der Waals surface area contributed by atoms with Crippen molar-refractivity contribution in [3.8, 4) is 0 Å². The summed E-state index contributed by atoms with van der Waals surface area (Å²) in [5.74, 6) is 0. The first-order valence-electron chi connectivity index (χ1n) is 5.42. The Labute approximate surface area is 101 Å². The summed E-state index contributed by atoms with van der Waals surface area (Å²) in [7, 11) is 2.03. The Morgan fingerprint density at radius 2 is 2.38 bits per heavy atom. The Hall–Kier alpha value is -0.770. The Morgan fingerprint density at radius 3 is 3.00 bits per heavy atom. The molecule has 2 rings (SSSR count). The summed E-state index contributed by atoms with van der Waals surface area (Å²) in [5.41, 5.74) is 1.89. The van der Waals surface area contributed by atoms with Crippen LogP contribution in [0.2, 0.25) is 5.02 Å². The summed E-state index contributed by atoms with van der Waals surface area (Å²) in [5, 5.41) is 9.97. The van der Waals surface area contributed by atoms with Crippen molar-refractivity contribution >= 4 is 17.3 Å². The van der Waals surface area contributed by atoms with Gasteiger partial charge in [0, 0.05) is 29.9 Å². The van der Waals surface area contributed by atoms with Gasteiger partial charge < -0.3 is 14.7 Å². The monoisotopic (exact) mass is 241 g/mol. The first kappa shape index (κ1) is 11.7. The molecule has 16 heavy (non-hydrogen) atoms. The van der Waals surface area contributed by atoms with E-state index in [0.29, 0.717) is 11.1 Å². The van der Waals surface area contributed by atoms with Crippen LogP contribution in [0.15, 0.2) is 18.2 Å². The largest absolute Gasteiger partial charge is 0.392 e. The Bertz CT molecular complexity index is 364. The molecule has 0 spiro atoms. The molecule has 1 unspecified atom stereocenters. The molecule has 1 aromatic rings. The van der Waals surface area contributed by atoms with E-state index in [4.69, 9.17) is 16.3 Å². The zero-order chi connectivity index (χ0) is 11.5. The van der Waals surface area contributed by atoms with Crippen LogP contribution in [-0.2, 0) is 11.3 Å². The highest BCUT2D eigenvalue weighted by atomic mass is 35.5. The van der Waals surface area contributed by atoms with Crippen molar-refractivity contribution in [2.24, 2.45) is 0 Å². The van der Waals surface area contributed by atoms with Gasteiger partial charge in [0.05, 0.1) is 19.3 Å². The third-order valence-corrected chi connectivity index (χ3v) is 3.28. The Morgan fingerprint density at radius 1 is 1.56 bits per heavy atom. The summed E-state index contributed by atoms with van der Waals surface area (Å²) in [6, 6.07) is 6.00. The fourth-order valence-corrected chi connectivity index (χ4v) is 2.24. The Balaban J connectivity index is 2.24. The fourth-order valence-electron chi connectivity index (χ4n) is 2.05. The van der Waals surface area contributed by atoms with E-state index >= 15 is 0 Å². The molecule has 4 heteroatoms. The van der Waals surface area contributed by atoms with Crippen LogP contribution in [0, 0.1) is 0 Å². The highest BCUT2D eigenvalue weighted by Crippen LogP contribution is 2.27. The second-order valence-corrected chi connectivity index (χ2v) is 4.50. The minimum Gasteiger partial charge on any atom is -0.392 e. The number of nitrogens with zero attached hydrogens (tertiary/aromatic N) is 1. The molecule has 1 fully saturated rings. The van der Waals surface area contributed by atoms with Gasteiger partial charge in [-0.2, -0.15) is 0 Å². The van der Waals surface area contributed by atoms with Crippen LogP contribution in [0.1, 0.15) is 12.0 Å². The minimum atomic E-state index is 0.00775. The Kier molecular flexibility index (Phi) is 3.69. The van der Waals surface area contributed by atoms with Crippen LogP contribution in [0.4, 0.5) is 5.69 Å². The van der Waals surface area contributed by atoms with Gasteiger partial charge in [0.2, 0.25) is 0 Å². The molecule has 0 aromatic heterocycles. The van der Waals surface area contributed by atoms with E-state index in [0.717, 1.165) is 30.9 Å². The molecule has 1 aliphatic rings. The SMILES string of the molecule is CN(c1ccc(Cl)cc1CO)C1CCOC1. The van der Waals surface area contributed by atoms with Crippen LogP contribution >= 0.6 is 11.6 Å². The number of likely N-dealkylation sites (N-methyl/N-ethyl adjacent to an activating group) is 1. The van der Waals surface area contributed by atoms with E-state index < -0.39 is 0 Å². The lowest BCUT2D eigenvalue weighted by molar-refractivity contribution is 0.193. The van der Waals surface area contributed by atoms with Gasteiger partial charge >= 0.3 is 0 Å². The average molecular weight is 242 g/mol. The molecule has 1 aromatic carbocycles. The summed E-state index contributed by atoms with van der Waals surface area (Å²) in [6.45, 7) is 1.58. The number of hydrogen-bond acceptors (Lipinski definition) is 3. The van der Waals surface area contributed by atoms with Gasteiger partial charge in [-0.3, -0.25) is 0 Å². The van der Waals surface area contributed by atoms with Gasteiger partial charge in [-0.15, -0.1) is 0 Å². The first-order valence-corrected chi connectivity index (χ1v) is 5.80. The summed E-state index contributed by atoms with van der Waals surface area (Å²) < 4.78 is 5.37. The first-order chi connectivity index (χ1) is 7.72. The quantitative estimate of drug-likeness (QED) is 0.879. The van der Waals surface area contributed by atoms with Crippen LogP contribution in [-0.4, -0.2) is 31.4 Å². The van der Waals surface area contributed by atoms with Crippen molar-refractivity contribution in [1.29, 1.82) is 0 Å². The van der Waals surface area contributed by atoms with E-state index in [9.17, 15) is 5.11 Å². The maximum Gasteiger partial charge on any atom is 0.0702 e. The zero-order valence-corrected chi connectivity index (χ0v) is 10.1. The molecule has 1 aliphatic heterocycles. The third-order valence-electron chi connectivity index (χ3n) is 3.05. The van der Waals surface area contributed by atoms with Crippen molar-refractivity contribution in [3.63, 3.8) is 0 Å². The molecule has 1 heterocycles. The minimum absolute atomic E-state index is 0.00775. The van der Waals surface area contributed by atoms with Gasteiger partial charge in [-0.25, -0.2) is 0 Å². The molecule has 0 bridgehead atoms. The second kappa shape index (κ2) is 5.04. The fraction of sp³-hybridized carbons (Fsp3) is 0.500. The number of hydrogen-bond donors (Lipinski definition) is 1. The van der Waals surface area contributed by atoms with E-state index in [1.165, 1.54) is 0 Å². The topological polar surface area (TPSA) is 32.7 Å².